The highest BCUT2D eigenvalue weighted by atomic mass is 16.5. The lowest BCUT2D eigenvalue weighted by Gasteiger charge is -2.39. The Morgan fingerprint density at radius 2 is 2.12 bits per heavy atom. The summed E-state index contributed by atoms with van der Waals surface area (Å²) in [5.74, 6) is 1.41. The first kappa shape index (κ1) is 11.5. The second kappa shape index (κ2) is 4.93. The molecular formula is C11H19N3O2. The Morgan fingerprint density at radius 1 is 1.38 bits per heavy atom. The number of ether oxygens (including phenoxy) is 1. The van der Waals surface area contributed by atoms with Gasteiger partial charge in [-0.15, -0.1) is 10.2 Å². The number of rotatable bonds is 6. The van der Waals surface area contributed by atoms with Crippen LogP contribution in [0.5, 0.6) is 0 Å². The molecule has 2 rings (SSSR count). The molecule has 1 aliphatic carbocycles. The molecule has 0 saturated heterocycles. The lowest BCUT2D eigenvalue weighted by molar-refractivity contribution is -0.0746. The molecule has 0 radical (unpaired) electrons. The summed E-state index contributed by atoms with van der Waals surface area (Å²) < 4.78 is 11.1. The maximum Gasteiger partial charge on any atom is 0.219 e. The van der Waals surface area contributed by atoms with Gasteiger partial charge in [0.2, 0.25) is 11.8 Å². The van der Waals surface area contributed by atoms with E-state index in [0.717, 1.165) is 32.2 Å². The normalized spacial score (nSPS) is 18.4. The van der Waals surface area contributed by atoms with Crippen molar-refractivity contribution in [1.29, 1.82) is 0 Å². The van der Waals surface area contributed by atoms with Gasteiger partial charge in [0.25, 0.3) is 0 Å². The molecule has 1 aliphatic rings. The number of hydrogen-bond acceptors (Lipinski definition) is 5. The van der Waals surface area contributed by atoms with E-state index < -0.39 is 0 Å². The Hall–Kier alpha value is -0.940. The minimum Gasteiger partial charge on any atom is -0.425 e. The second-order valence-electron chi connectivity index (χ2n) is 4.36. The molecule has 0 amide bonds. The molecule has 1 N–H and O–H groups in total. The summed E-state index contributed by atoms with van der Waals surface area (Å²) in [4.78, 5) is 0. The predicted octanol–water partition coefficient (Wildman–Crippen LogP) is 0.943. The maximum absolute atomic E-state index is 5.58. The molecule has 16 heavy (non-hydrogen) atoms. The first-order chi connectivity index (χ1) is 7.78. The summed E-state index contributed by atoms with van der Waals surface area (Å²) in [5, 5.41) is 11.1. The lowest BCUT2D eigenvalue weighted by Crippen LogP contribution is -2.41. The van der Waals surface area contributed by atoms with E-state index in [0.29, 0.717) is 11.8 Å². The number of likely N-dealkylation sites (N-methyl/N-ethyl adjacent to an activating group) is 1. The Morgan fingerprint density at radius 3 is 2.69 bits per heavy atom. The molecule has 5 nitrogen and oxygen atoms in total. The Balaban J connectivity index is 1.91. The van der Waals surface area contributed by atoms with E-state index in [1.54, 1.807) is 7.11 Å². The topological polar surface area (TPSA) is 60.2 Å². The monoisotopic (exact) mass is 225 g/mol. The quantitative estimate of drug-likeness (QED) is 0.781. The summed E-state index contributed by atoms with van der Waals surface area (Å²) in [6, 6.07) is 0. The van der Waals surface area contributed by atoms with Gasteiger partial charge < -0.3 is 14.5 Å². The summed E-state index contributed by atoms with van der Waals surface area (Å²) >= 11 is 0. The fourth-order valence-electron chi connectivity index (χ4n) is 1.99. The van der Waals surface area contributed by atoms with Crippen LogP contribution in [0.25, 0.3) is 0 Å². The van der Waals surface area contributed by atoms with E-state index in [1.807, 2.05) is 7.05 Å². The SMILES string of the molecule is CNCCc1nnc(CC2(OC)CCC2)o1. The van der Waals surface area contributed by atoms with Crippen LogP contribution in [0.1, 0.15) is 31.0 Å². The Kier molecular flexibility index (Phi) is 3.56. The summed E-state index contributed by atoms with van der Waals surface area (Å²) in [6.07, 6.45) is 4.95. The van der Waals surface area contributed by atoms with Crippen LogP contribution in [0.3, 0.4) is 0 Å². The van der Waals surface area contributed by atoms with E-state index in [2.05, 4.69) is 15.5 Å². The minimum atomic E-state index is -0.0349. The number of hydrogen-bond donors (Lipinski definition) is 1. The van der Waals surface area contributed by atoms with Crippen molar-refractivity contribution in [3.8, 4) is 0 Å². The fraction of sp³-hybridized carbons (Fsp3) is 0.818. The molecule has 1 saturated carbocycles. The van der Waals surface area contributed by atoms with Crippen molar-refractivity contribution in [3.63, 3.8) is 0 Å². The molecule has 5 heteroatoms. The zero-order valence-corrected chi connectivity index (χ0v) is 9.95. The molecule has 0 spiro atoms. The number of aromatic nitrogens is 2. The maximum atomic E-state index is 5.58. The lowest BCUT2D eigenvalue weighted by atomic mass is 9.77. The van der Waals surface area contributed by atoms with Crippen LogP contribution in [0, 0.1) is 0 Å². The van der Waals surface area contributed by atoms with Gasteiger partial charge in [0.05, 0.1) is 12.0 Å². The van der Waals surface area contributed by atoms with Crippen molar-refractivity contribution in [1.82, 2.24) is 15.5 Å². The molecule has 0 atom stereocenters. The predicted molar refractivity (Wildman–Crippen MR) is 59.2 cm³/mol. The second-order valence-corrected chi connectivity index (χ2v) is 4.36. The summed E-state index contributed by atoms with van der Waals surface area (Å²) in [5.41, 5.74) is -0.0349. The number of methoxy groups -OCH3 is 1. The molecule has 0 unspecified atom stereocenters. The molecule has 90 valence electrons. The van der Waals surface area contributed by atoms with Crippen molar-refractivity contribution in [2.24, 2.45) is 0 Å². The highest BCUT2D eigenvalue weighted by Gasteiger charge is 2.38. The van der Waals surface area contributed by atoms with Gasteiger partial charge in [-0.1, -0.05) is 0 Å². The van der Waals surface area contributed by atoms with Crippen LogP contribution in [0.2, 0.25) is 0 Å². The van der Waals surface area contributed by atoms with Crippen LogP contribution in [-0.4, -0.2) is 36.5 Å². The van der Waals surface area contributed by atoms with E-state index in [9.17, 15) is 0 Å². The van der Waals surface area contributed by atoms with Crippen molar-refractivity contribution >= 4 is 0 Å². The van der Waals surface area contributed by atoms with Crippen LogP contribution in [0.4, 0.5) is 0 Å². The van der Waals surface area contributed by atoms with Crippen molar-refractivity contribution in [2.75, 3.05) is 20.7 Å². The molecule has 0 aliphatic heterocycles. The standard InChI is InChI=1S/C11H19N3O2/c1-12-7-4-9-13-14-10(16-9)8-11(15-2)5-3-6-11/h12H,3-8H2,1-2H3. The van der Waals surface area contributed by atoms with Gasteiger partial charge in [0.15, 0.2) is 0 Å². The molecule has 1 fully saturated rings. The van der Waals surface area contributed by atoms with Crippen molar-refractivity contribution < 1.29 is 9.15 Å². The number of nitrogens with one attached hydrogen (secondary N) is 1. The zero-order chi connectivity index (χ0) is 11.4. The third kappa shape index (κ3) is 2.41. The molecule has 1 aromatic rings. The fourth-order valence-corrected chi connectivity index (χ4v) is 1.99. The highest BCUT2D eigenvalue weighted by Crippen LogP contribution is 2.37. The number of nitrogens with zero attached hydrogens (tertiary/aromatic N) is 2. The third-order valence-electron chi connectivity index (χ3n) is 3.27. The van der Waals surface area contributed by atoms with E-state index in [-0.39, 0.29) is 5.60 Å². The average Bonchev–Trinajstić information content (AvgIpc) is 2.68. The Bertz CT molecular complexity index is 328. The zero-order valence-electron chi connectivity index (χ0n) is 9.95. The van der Waals surface area contributed by atoms with Gasteiger partial charge in [-0.3, -0.25) is 0 Å². The third-order valence-corrected chi connectivity index (χ3v) is 3.27. The van der Waals surface area contributed by atoms with Crippen LogP contribution in [-0.2, 0) is 17.6 Å². The average molecular weight is 225 g/mol. The molecule has 1 heterocycles. The van der Waals surface area contributed by atoms with Crippen LogP contribution >= 0.6 is 0 Å². The molecule has 0 bridgehead atoms. The summed E-state index contributed by atoms with van der Waals surface area (Å²) in [6.45, 7) is 0.858. The van der Waals surface area contributed by atoms with Gasteiger partial charge in [-0.2, -0.15) is 0 Å². The molecule has 1 aromatic heterocycles. The van der Waals surface area contributed by atoms with E-state index >= 15 is 0 Å². The van der Waals surface area contributed by atoms with Crippen LogP contribution < -0.4 is 5.32 Å². The van der Waals surface area contributed by atoms with Gasteiger partial charge >= 0.3 is 0 Å². The highest BCUT2D eigenvalue weighted by molar-refractivity contribution is 4.97. The van der Waals surface area contributed by atoms with Crippen molar-refractivity contribution in [3.05, 3.63) is 11.8 Å². The first-order valence-electron chi connectivity index (χ1n) is 5.79. The van der Waals surface area contributed by atoms with Crippen molar-refractivity contribution in [2.45, 2.75) is 37.7 Å². The largest absolute Gasteiger partial charge is 0.425 e. The van der Waals surface area contributed by atoms with E-state index in [1.165, 1.54) is 6.42 Å². The van der Waals surface area contributed by atoms with Crippen LogP contribution in [0.15, 0.2) is 4.42 Å². The summed E-state index contributed by atoms with van der Waals surface area (Å²) in [7, 11) is 3.67. The smallest absolute Gasteiger partial charge is 0.219 e. The Labute approximate surface area is 95.6 Å². The minimum absolute atomic E-state index is 0.0349. The van der Waals surface area contributed by atoms with Gasteiger partial charge in [0, 0.05) is 20.1 Å². The van der Waals surface area contributed by atoms with Gasteiger partial charge in [0.1, 0.15) is 0 Å². The van der Waals surface area contributed by atoms with E-state index in [4.69, 9.17) is 9.15 Å². The molecule has 0 aromatic carbocycles. The van der Waals surface area contributed by atoms with Gasteiger partial charge in [-0.25, -0.2) is 0 Å². The van der Waals surface area contributed by atoms with Gasteiger partial charge in [-0.05, 0) is 26.3 Å². The molecular weight excluding hydrogens is 206 g/mol. The first-order valence-corrected chi connectivity index (χ1v) is 5.79.